The zero-order valence-corrected chi connectivity index (χ0v) is 18.3. The Balaban J connectivity index is 1.74. The van der Waals surface area contributed by atoms with Crippen molar-refractivity contribution in [2.45, 2.75) is 45.2 Å². The third-order valence-electron chi connectivity index (χ3n) is 4.86. The van der Waals surface area contributed by atoms with Gasteiger partial charge in [0.15, 0.2) is 24.1 Å². The lowest BCUT2D eigenvalue weighted by Gasteiger charge is -2.23. The van der Waals surface area contributed by atoms with Crippen molar-refractivity contribution in [2.24, 2.45) is 0 Å². The lowest BCUT2D eigenvalue weighted by Crippen LogP contribution is -2.40. The maximum absolute atomic E-state index is 12.9. The third kappa shape index (κ3) is 4.65. The van der Waals surface area contributed by atoms with Crippen LogP contribution < -0.4 is 0 Å². The van der Waals surface area contributed by atoms with Gasteiger partial charge in [-0.1, -0.05) is 0 Å². The Morgan fingerprint density at radius 3 is 2.56 bits per heavy atom. The molecule has 1 aliphatic heterocycles. The van der Waals surface area contributed by atoms with E-state index < -0.39 is 69.8 Å². The highest BCUT2D eigenvalue weighted by molar-refractivity contribution is 7.08. The fourth-order valence-corrected chi connectivity index (χ4v) is 4.18. The van der Waals surface area contributed by atoms with Gasteiger partial charge in [-0.2, -0.15) is 11.3 Å². The maximum Gasteiger partial charge on any atom is 0.303 e. The summed E-state index contributed by atoms with van der Waals surface area (Å²) < 4.78 is 44.7. The van der Waals surface area contributed by atoms with Gasteiger partial charge in [0.1, 0.15) is 30.2 Å². The Labute approximate surface area is 201 Å². The molecule has 1 saturated heterocycles. The number of hydrogen-bond acceptors (Lipinski definition) is 12. The van der Waals surface area contributed by atoms with Gasteiger partial charge in [-0.05, 0) is 11.4 Å². The molecule has 0 spiro atoms. The van der Waals surface area contributed by atoms with Crippen LogP contribution in [0.1, 0.15) is 47.1 Å². The molecule has 0 amide bonds. The zero-order valence-electron chi connectivity index (χ0n) is 20.5. The number of imidazole rings is 1. The average molecular weight is 491 g/mol. The summed E-state index contributed by atoms with van der Waals surface area (Å²) >= 11 is 1.34. The van der Waals surface area contributed by atoms with Crippen molar-refractivity contribution in [3.8, 4) is 0 Å². The Morgan fingerprint density at radius 2 is 1.85 bits per heavy atom. The minimum atomic E-state index is -1.35. The molecule has 0 radical (unpaired) electrons. The monoisotopic (exact) mass is 491 g/mol. The molecule has 0 saturated carbocycles. The van der Waals surface area contributed by atoms with E-state index in [1.807, 2.05) is 0 Å². The second kappa shape index (κ2) is 9.65. The van der Waals surface area contributed by atoms with E-state index in [0.29, 0.717) is 5.56 Å². The lowest BCUT2D eigenvalue weighted by atomic mass is 10.1. The molecule has 4 rings (SSSR count). The van der Waals surface area contributed by atoms with Crippen LogP contribution in [0.4, 0.5) is 0 Å². The van der Waals surface area contributed by atoms with E-state index in [1.165, 1.54) is 22.2 Å². The number of carbonyl (C=O) groups is 4. The predicted octanol–water partition coefficient (Wildman–Crippen LogP) is 1.44. The Morgan fingerprint density at radius 1 is 1.09 bits per heavy atom. The molecule has 4 heterocycles. The summed E-state index contributed by atoms with van der Waals surface area (Å²) in [6.45, 7) is -2.60. The van der Waals surface area contributed by atoms with Crippen LogP contribution in [0.3, 0.4) is 0 Å². The highest BCUT2D eigenvalue weighted by Crippen LogP contribution is 2.36. The highest BCUT2D eigenvalue weighted by atomic mass is 32.1. The first-order valence-electron chi connectivity index (χ1n) is 11.8. The SMILES string of the molecule is [2H]CC(=O)OC[C@H]1OC(n2cnc3c(C(=O)c4ccsc4)ncnc32)[C@H](OC(=O)C[2H])[C@@H]1OC(=O)C[2H]. The normalized spacial score (nSPS) is 23.0. The van der Waals surface area contributed by atoms with Crippen LogP contribution >= 0.6 is 11.3 Å². The van der Waals surface area contributed by atoms with Gasteiger partial charge in [0.25, 0.3) is 0 Å². The first kappa shape index (κ1) is 19.7. The van der Waals surface area contributed by atoms with E-state index in [-0.39, 0.29) is 22.6 Å². The van der Waals surface area contributed by atoms with Gasteiger partial charge in [-0.15, -0.1) is 0 Å². The number of fused-ring (bicyclic) bond motifs is 1. The number of thiophene rings is 1. The van der Waals surface area contributed by atoms with Gasteiger partial charge in [0.05, 0.1) is 6.33 Å². The van der Waals surface area contributed by atoms with E-state index in [4.69, 9.17) is 23.1 Å². The molecule has 1 aliphatic rings. The molecular formula is C21H20N4O8S. The number of hydrogen-bond donors (Lipinski definition) is 0. The molecule has 12 nitrogen and oxygen atoms in total. The molecule has 0 N–H and O–H groups in total. The molecule has 4 atom stereocenters. The molecule has 1 unspecified atom stereocenters. The first-order valence-corrected chi connectivity index (χ1v) is 10.6. The lowest BCUT2D eigenvalue weighted by molar-refractivity contribution is -0.166. The molecule has 3 aromatic heterocycles. The minimum Gasteiger partial charge on any atom is -0.463 e. The summed E-state index contributed by atoms with van der Waals surface area (Å²) in [4.78, 5) is 61.1. The molecule has 0 aromatic carbocycles. The van der Waals surface area contributed by atoms with Crippen LogP contribution in [0.25, 0.3) is 11.2 Å². The fraction of sp³-hybridized carbons (Fsp3) is 0.381. The van der Waals surface area contributed by atoms with Gasteiger partial charge < -0.3 is 18.9 Å². The van der Waals surface area contributed by atoms with Crippen molar-refractivity contribution >= 4 is 46.2 Å². The third-order valence-corrected chi connectivity index (χ3v) is 5.54. The number of nitrogens with zero attached hydrogens (tertiary/aromatic N) is 4. The van der Waals surface area contributed by atoms with Crippen LogP contribution in [0.15, 0.2) is 29.5 Å². The Bertz CT molecular complexity index is 1300. The standard InChI is InChI=1S/C21H20N4O8S/c1-10(26)30-6-14-18(31-11(2)27)19(32-12(3)28)21(33-14)25-9-24-16-15(22-8-23-20(16)25)17(29)13-4-5-34-7-13/h4-5,7-9,14,18-19,21H,6H2,1-3H3/t14-,18-,19-,21?/m1/s1/i1D,2D,3D. The molecule has 0 aliphatic carbocycles. The van der Waals surface area contributed by atoms with Gasteiger partial charge >= 0.3 is 17.9 Å². The van der Waals surface area contributed by atoms with E-state index in [2.05, 4.69) is 15.0 Å². The van der Waals surface area contributed by atoms with Crippen molar-refractivity contribution in [1.29, 1.82) is 0 Å². The number of rotatable bonds is 7. The molecule has 1 fully saturated rings. The van der Waals surface area contributed by atoms with Crippen LogP contribution in [-0.4, -0.2) is 68.1 Å². The largest absolute Gasteiger partial charge is 0.463 e. The zero-order chi connectivity index (χ0) is 26.5. The molecule has 0 bridgehead atoms. The summed E-state index contributed by atoms with van der Waals surface area (Å²) in [5, 5.41) is 3.41. The van der Waals surface area contributed by atoms with E-state index in [9.17, 15) is 19.2 Å². The summed E-state index contributed by atoms with van der Waals surface area (Å²) in [5.41, 5.74) is 0.715. The minimum absolute atomic E-state index is 0.0259. The summed E-state index contributed by atoms with van der Waals surface area (Å²) in [6, 6.07) is 1.64. The average Bonchev–Trinajstić information content (AvgIpc) is 3.66. The summed E-state index contributed by atoms with van der Waals surface area (Å²) in [7, 11) is 0. The summed E-state index contributed by atoms with van der Waals surface area (Å²) in [6.07, 6.45) is -2.64. The Hall–Kier alpha value is -3.71. The van der Waals surface area contributed by atoms with Gasteiger partial charge in [-0.3, -0.25) is 23.7 Å². The van der Waals surface area contributed by atoms with E-state index >= 15 is 0 Å². The van der Waals surface area contributed by atoms with E-state index in [1.54, 1.807) is 16.8 Å². The van der Waals surface area contributed by atoms with Crippen molar-refractivity contribution in [3.63, 3.8) is 0 Å². The van der Waals surface area contributed by atoms with Crippen LogP contribution in [0, 0.1) is 0 Å². The molecule has 178 valence electrons. The van der Waals surface area contributed by atoms with E-state index in [0.717, 1.165) is 6.33 Å². The number of aromatic nitrogens is 4. The van der Waals surface area contributed by atoms with Crippen molar-refractivity contribution in [3.05, 3.63) is 40.7 Å². The molecule has 3 aromatic rings. The van der Waals surface area contributed by atoms with Crippen molar-refractivity contribution < 1.29 is 42.2 Å². The quantitative estimate of drug-likeness (QED) is 0.268. The van der Waals surface area contributed by atoms with Crippen LogP contribution in [0.5, 0.6) is 0 Å². The number of ketones is 1. The maximum atomic E-state index is 12.9. The number of ether oxygens (including phenoxy) is 4. The highest BCUT2D eigenvalue weighted by Gasteiger charge is 2.51. The van der Waals surface area contributed by atoms with Crippen LogP contribution in [0.2, 0.25) is 0 Å². The molecule has 34 heavy (non-hydrogen) atoms. The van der Waals surface area contributed by atoms with Gasteiger partial charge in [0.2, 0.25) is 5.78 Å². The fourth-order valence-electron chi connectivity index (χ4n) is 3.55. The predicted molar refractivity (Wildman–Crippen MR) is 115 cm³/mol. The number of esters is 3. The second-order valence-electron chi connectivity index (χ2n) is 7.04. The first-order chi connectivity index (χ1) is 17.9. The van der Waals surface area contributed by atoms with Gasteiger partial charge in [0, 0.05) is 35.8 Å². The smallest absolute Gasteiger partial charge is 0.303 e. The van der Waals surface area contributed by atoms with Gasteiger partial charge in [-0.25, -0.2) is 15.0 Å². The van der Waals surface area contributed by atoms with Crippen LogP contribution in [-0.2, 0) is 33.3 Å². The number of carbonyl (C=O) groups excluding carboxylic acids is 4. The second-order valence-corrected chi connectivity index (χ2v) is 7.82. The Kier molecular flexibility index (Phi) is 5.60. The molecule has 13 heteroatoms. The van der Waals surface area contributed by atoms with Crippen molar-refractivity contribution in [1.82, 2.24) is 19.5 Å². The summed E-state index contributed by atoms with van der Waals surface area (Å²) in [5.74, 6) is -3.17. The molecular weight excluding hydrogens is 468 g/mol. The van der Waals surface area contributed by atoms with Crippen molar-refractivity contribution in [2.75, 3.05) is 6.61 Å². The topological polar surface area (TPSA) is 149 Å².